The van der Waals surface area contributed by atoms with Gasteiger partial charge in [-0.15, -0.1) is 0 Å². The van der Waals surface area contributed by atoms with E-state index in [0.717, 1.165) is 11.3 Å². The van der Waals surface area contributed by atoms with Crippen LogP contribution in [0.2, 0.25) is 0 Å². The number of hydrogen-bond donors (Lipinski definition) is 2. The van der Waals surface area contributed by atoms with Gasteiger partial charge in [-0.1, -0.05) is 0 Å². The molecule has 2 N–H and O–H groups in total. The highest BCUT2D eigenvalue weighted by atomic mass is 16.5. The van der Waals surface area contributed by atoms with Gasteiger partial charge >= 0.3 is 0 Å². The monoisotopic (exact) mass is 324 g/mol. The number of nitrogens with zero attached hydrogens (tertiary/aromatic N) is 2. The van der Waals surface area contributed by atoms with Crippen LogP contribution in [0.4, 0.5) is 0 Å². The van der Waals surface area contributed by atoms with Crippen LogP contribution in [0.1, 0.15) is 23.0 Å². The van der Waals surface area contributed by atoms with Gasteiger partial charge in [0.25, 0.3) is 5.91 Å². The third kappa shape index (κ3) is 3.35. The Morgan fingerprint density at radius 1 is 1.29 bits per heavy atom. The Kier molecular flexibility index (Phi) is 4.42. The summed E-state index contributed by atoms with van der Waals surface area (Å²) in [6.45, 7) is 1.81. The van der Waals surface area contributed by atoms with Gasteiger partial charge in [-0.25, -0.2) is 5.43 Å². The third-order valence-electron chi connectivity index (χ3n) is 3.43. The Morgan fingerprint density at radius 3 is 2.75 bits per heavy atom. The summed E-state index contributed by atoms with van der Waals surface area (Å²) in [5, 5.41) is 10.8. The number of hydrogen-bond acceptors (Lipinski definition) is 5. The van der Waals surface area contributed by atoms with Gasteiger partial charge in [0.1, 0.15) is 11.4 Å². The van der Waals surface area contributed by atoms with Crippen LogP contribution < -0.4 is 10.2 Å². The molecule has 0 bridgehead atoms. The number of amides is 1. The molecular formula is C17H16N4O3. The van der Waals surface area contributed by atoms with E-state index in [4.69, 9.17) is 9.15 Å². The lowest BCUT2D eigenvalue weighted by atomic mass is 10.1. The van der Waals surface area contributed by atoms with E-state index in [1.165, 1.54) is 0 Å². The van der Waals surface area contributed by atoms with E-state index >= 15 is 0 Å². The maximum absolute atomic E-state index is 12.1. The number of aromatic amines is 1. The number of rotatable bonds is 5. The number of H-pyrrole nitrogens is 1. The number of carbonyl (C=O) groups is 1. The van der Waals surface area contributed by atoms with E-state index in [-0.39, 0.29) is 5.69 Å². The predicted molar refractivity (Wildman–Crippen MR) is 89.0 cm³/mol. The number of methoxy groups -OCH3 is 1. The van der Waals surface area contributed by atoms with Crippen molar-refractivity contribution in [3.63, 3.8) is 0 Å². The fourth-order valence-electron chi connectivity index (χ4n) is 2.08. The molecule has 0 saturated heterocycles. The molecule has 24 heavy (non-hydrogen) atoms. The maximum atomic E-state index is 12.1. The highest BCUT2D eigenvalue weighted by Gasteiger charge is 2.12. The van der Waals surface area contributed by atoms with Crippen LogP contribution in [0.3, 0.4) is 0 Å². The lowest BCUT2D eigenvalue weighted by Crippen LogP contribution is -2.19. The van der Waals surface area contributed by atoms with Crippen molar-refractivity contribution >= 4 is 11.6 Å². The maximum Gasteiger partial charge on any atom is 0.291 e. The molecule has 0 aliphatic carbocycles. The van der Waals surface area contributed by atoms with Crippen molar-refractivity contribution < 1.29 is 13.9 Å². The Hall–Kier alpha value is -3.35. The van der Waals surface area contributed by atoms with Gasteiger partial charge in [0.15, 0.2) is 11.5 Å². The quantitative estimate of drug-likeness (QED) is 0.557. The molecule has 7 nitrogen and oxygen atoms in total. The van der Waals surface area contributed by atoms with Crippen molar-refractivity contribution in [3.8, 4) is 17.2 Å². The van der Waals surface area contributed by atoms with Gasteiger partial charge in [0.05, 0.1) is 19.1 Å². The predicted octanol–water partition coefficient (Wildman–Crippen LogP) is 2.83. The molecule has 2 heterocycles. The molecule has 0 spiro atoms. The van der Waals surface area contributed by atoms with E-state index in [0.29, 0.717) is 17.2 Å². The highest BCUT2D eigenvalue weighted by molar-refractivity contribution is 6.00. The fourth-order valence-corrected chi connectivity index (χ4v) is 2.08. The smallest absolute Gasteiger partial charge is 0.291 e. The van der Waals surface area contributed by atoms with Crippen LogP contribution in [0.15, 0.2) is 58.2 Å². The summed E-state index contributed by atoms with van der Waals surface area (Å²) in [5.74, 6) is 0.967. The van der Waals surface area contributed by atoms with E-state index in [2.05, 4.69) is 20.7 Å². The van der Waals surface area contributed by atoms with Gasteiger partial charge < -0.3 is 9.15 Å². The first-order valence-electron chi connectivity index (χ1n) is 7.25. The lowest BCUT2D eigenvalue weighted by Gasteiger charge is -2.03. The molecule has 0 aliphatic heterocycles. The van der Waals surface area contributed by atoms with Crippen molar-refractivity contribution in [2.45, 2.75) is 6.92 Å². The average molecular weight is 324 g/mol. The topological polar surface area (TPSA) is 92.5 Å². The number of ether oxygens (including phenoxy) is 1. The van der Waals surface area contributed by atoms with Crippen LogP contribution in [0.25, 0.3) is 11.5 Å². The SMILES string of the molecule is COc1ccc(/C(C)=N/NC(=O)c2cc(-c3ccco3)[nH]n2)cc1. The van der Waals surface area contributed by atoms with Gasteiger partial charge in [0.2, 0.25) is 0 Å². The third-order valence-corrected chi connectivity index (χ3v) is 3.43. The van der Waals surface area contributed by atoms with Gasteiger partial charge in [-0.2, -0.15) is 10.2 Å². The van der Waals surface area contributed by atoms with E-state index in [9.17, 15) is 4.79 Å². The second-order valence-electron chi connectivity index (χ2n) is 5.01. The minimum atomic E-state index is -0.406. The number of nitrogens with one attached hydrogen (secondary N) is 2. The Labute approximate surface area is 138 Å². The van der Waals surface area contributed by atoms with Gasteiger partial charge in [-0.05, 0) is 48.9 Å². The molecule has 0 unspecified atom stereocenters. The van der Waals surface area contributed by atoms with Crippen LogP contribution in [0, 0.1) is 0 Å². The van der Waals surface area contributed by atoms with Gasteiger partial charge in [-0.3, -0.25) is 9.89 Å². The molecule has 0 fully saturated rings. The molecule has 0 atom stereocenters. The van der Waals surface area contributed by atoms with Crippen molar-refractivity contribution in [1.82, 2.24) is 15.6 Å². The molecule has 0 radical (unpaired) electrons. The first kappa shape index (κ1) is 15.5. The second-order valence-corrected chi connectivity index (χ2v) is 5.01. The van der Waals surface area contributed by atoms with Crippen molar-refractivity contribution in [3.05, 3.63) is 60.0 Å². The number of hydrazone groups is 1. The zero-order valence-corrected chi connectivity index (χ0v) is 13.2. The van der Waals surface area contributed by atoms with E-state index in [1.54, 1.807) is 38.5 Å². The molecule has 7 heteroatoms. The first-order valence-corrected chi connectivity index (χ1v) is 7.25. The molecule has 1 amide bonds. The molecule has 0 saturated carbocycles. The standard InChI is InChI=1S/C17H16N4O3/c1-11(12-5-7-13(23-2)8-6-12)18-21-17(22)15-10-14(19-20-15)16-4-3-9-24-16/h3-10H,1-2H3,(H,19,20)(H,21,22)/b18-11+. The Bertz CT molecular complexity index is 848. The fraction of sp³-hybridized carbons (Fsp3) is 0.118. The summed E-state index contributed by atoms with van der Waals surface area (Å²) in [5.41, 5.74) is 4.90. The summed E-state index contributed by atoms with van der Waals surface area (Å²) in [7, 11) is 1.61. The second kappa shape index (κ2) is 6.82. The van der Waals surface area contributed by atoms with Crippen molar-refractivity contribution in [1.29, 1.82) is 0 Å². The Morgan fingerprint density at radius 2 is 2.08 bits per heavy atom. The zero-order valence-electron chi connectivity index (χ0n) is 13.2. The number of benzene rings is 1. The molecule has 122 valence electrons. The van der Waals surface area contributed by atoms with E-state index < -0.39 is 5.91 Å². The molecule has 0 aliphatic rings. The summed E-state index contributed by atoms with van der Waals surface area (Å²) in [6.07, 6.45) is 1.55. The van der Waals surface area contributed by atoms with Crippen LogP contribution in [0.5, 0.6) is 5.75 Å². The largest absolute Gasteiger partial charge is 0.497 e. The summed E-state index contributed by atoms with van der Waals surface area (Å²) < 4.78 is 10.4. The minimum absolute atomic E-state index is 0.229. The normalized spacial score (nSPS) is 11.3. The van der Waals surface area contributed by atoms with Crippen LogP contribution in [-0.2, 0) is 0 Å². The van der Waals surface area contributed by atoms with Gasteiger partial charge in [0, 0.05) is 6.07 Å². The van der Waals surface area contributed by atoms with Crippen molar-refractivity contribution in [2.75, 3.05) is 7.11 Å². The number of furan rings is 1. The first-order chi connectivity index (χ1) is 11.7. The van der Waals surface area contributed by atoms with Crippen LogP contribution in [-0.4, -0.2) is 28.9 Å². The zero-order chi connectivity index (χ0) is 16.9. The minimum Gasteiger partial charge on any atom is -0.497 e. The number of carbonyl (C=O) groups excluding carboxylic acids is 1. The lowest BCUT2D eigenvalue weighted by molar-refractivity contribution is 0.0950. The summed E-state index contributed by atoms with van der Waals surface area (Å²) >= 11 is 0. The Balaban J connectivity index is 1.68. The molecule has 3 rings (SSSR count). The van der Waals surface area contributed by atoms with Crippen molar-refractivity contribution in [2.24, 2.45) is 5.10 Å². The molecule has 3 aromatic rings. The summed E-state index contributed by atoms with van der Waals surface area (Å²) in [4.78, 5) is 12.1. The summed E-state index contributed by atoms with van der Waals surface area (Å²) in [6, 6.07) is 12.5. The highest BCUT2D eigenvalue weighted by Crippen LogP contribution is 2.17. The number of aromatic nitrogens is 2. The van der Waals surface area contributed by atoms with E-state index in [1.807, 2.05) is 24.3 Å². The molecular weight excluding hydrogens is 308 g/mol. The molecule has 1 aromatic carbocycles. The van der Waals surface area contributed by atoms with Crippen LogP contribution >= 0.6 is 0 Å². The average Bonchev–Trinajstić information content (AvgIpc) is 3.30. The molecule has 2 aromatic heterocycles.